The van der Waals surface area contributed by atoms with Crippen LogP contribution in [0.1, 0.15) is 32.6 Å². The van der Waals surface area contributed by atoms with Gasteiger partial charge in [0.1, 0.15) is 6.10 Å². The number of carbonyl (C=O) groups excluding carboxylic acids is 1. The summed E-state index contributed by atoms with van der Waals surface area (Å²) in [7, 11) is 0. The van der Waals surface area contributed by atoms with Crippen molar-refractivity contribution in [1.82, 2.24) is 0 Å². The Hall–Kier alpha value is -1.39. The average Bonchev–Trinajstić information content (AvgIpc) is 2.89. The Labute approximate surface area is 114 Å². The minimum absolute atomic E-state index is 0.120. The van der Waals surface area contributed by atoms with Crippen LogP contribution in [0.2, 0.25) is 0 Å². The van der Waals surface area contributed by atoms with Gasteiger partial charge in [-0.15, -0.1) is 0 Å². The molecule has 0 radical (unpaired) electrons. The van der Waals surface area contributed by atoms with Gasteiger partial charge in [-0.2, -0.15) is 0 Å². The van der Waals surface area contributed by atoms with Gasteiger partial charge in [0, 0.05) is 12.2 Å². The molecule has 1 saturated carbocycles. The Balaban J connectivity index is 1.92. The number of nitrogens with two attached hydrogens (primary N) is 1. The number of para-hydroxylation sites is 1. The molecule has 0 saturated heterocycles. The average molecular weight is 262 g/mol. The van der Waals surface area contributed by atoms with Crippen LogP contribution < -0.4 is 11.1 Å². The predicted octanol–water partition coefficient (Wildman–Crippen LogP) is 2.30. The molecule has 0 heterocycles. The third kappa shape index (κ3) is 3.55. The maximum atomic E-state index is 12.1. The second-order valence-corrected chi connectivity index (χ2v) is 5.21. The summed E-state index contributed by atoms with van der Waals surface area (Å²) in [4.78, 5) is 12.1. The van der Waals surface area contributed by atoms with Gasteiger partial charge in [0.15, 0.2) is 0 Å². The summed E-state index contributed by atoms with van der Waals surface area (Å²) >= 11 is 0. The van der Waals surface area contributed by atoms with Crippen LogP contribution in [0.5, 0.6) is 0 Å². The zero-order chi connectivity index (χ0) is 13.7. The summed E-state index contributed by atoms with van der Waals surface area (Å²) in [6.45, 7) is 2.27. The standard InChI is InChI=1S/C15H22N2O2/c1-12(19-15(11-16)9-5-6-10-15)14(18)17-13-7-3-2-4-8-13/h2-4,7-8,12H,5-6,9-11,16H2,1H3,(H,17,18). The van der Waals surface area contributed by atoms with Crippen molar-refractivity contribution in [3.63, 3.8) is 0 Å². The second-order valence-electron chi connectivity index (χ2n) is 5.21. The topological polar surface area (TPSA) is 64.3 Å². The smallest absolute Gasteiger partial charge is 0.253 e. The third-order valence-electron chi connectivity index (χ3n) is 3.72. The predicted molar refractivity (Wildman–Crippen MR) is 75.9 cm³/mol. The second kappa shape index (κ2) is 6.17. The minimum atomic E-state index is -0.484. The molecule has 1 fully saturated rings. The molecule has 0 bridgehead atoms. The van der Waals surface area contributed by atoms with Crippen LogP contribution in [-0.4, -0.2) is 24.2 Å². The van der Waals surface area contributed by atoms with E-state index in [1.807, 2.05) is 30.3 Å². The number of amides is 1. The van der Waals surface area contributed by atoms with Gasteiger partial charge >= 0.3 is 0 Å². The van der Waals surface area contributed by atoms with Crippen molar-refractivity contribution in [1.29, 1.82) is 0 Å². The van der Waals surface area contributed by atoms with E-state index in [0.29, 0.717) is 6.54 Å². The molecule has 1 atom stereocenters. The molecule has 19 heavy (non-hydrogen) atoms. The Morgan fingerprint density at radius 1 is 1.37 bits per heavy atom. The monoisotopic (exact) mass is 262 g/mol. The van der Waals surface area contributed by atoms with Gasteiger partial charge in [-0.05, 0) is 31.9 Å². The fourth-order valence-corrected chi connectivity index (χ4v) is 2.58. The maximum Gasteiger partial charge on any atom is 0.253 e. The molecule has 4 nitrogen and oxygen atoms in total. The summed E-state index contributed by atoms with van der Waals surface area (Å²) in [5.74, 6) is -0.120. The van der Waals surface area contributed by atoms with Gasteiger partial charge < -0.3 is 15.8 Å². The van der Waals surface area contributed by atoms with E-state index < -0.39 is 6.10 Å². The third-order valence-corrected chi connectivity index (χ3v) is 3.72. The molecule has 1 amide bonds. The van der Waals surface area contributed by atoms with Gasteiger partial charge in [-0.3, -0.25) is 4.79 Å². The molecule has 3 N–H and O–H groups in total. The molecule has 1 unspecified atom stereocenters. The van der Waals surface area contributed by atoms with Crippen LogP contribution in [-0.2, 0) is 9.53 Å². The van der Waals surface area contributed by atoms with Crippen molar-refractivity contribution in [3.05, 3.63) is 30.3 Å². The summed E-state index contributed by atoms with van der Waals surface area (Å²) in [6, 6.07) is 9.41. The van der Waals surface area contributed by atoms with E-state index in [1.165, 1.54) is 0 Å². The van der Waals surface area contributed by atoms with E-state index in [0.717, 1.165) is 31.4 Å². The highest BCUT2D eigenvalue weighted by Gasteiger charge is 2.36. The first-order valence-electron chi connectivity index (χ1n) is 6.89. The molecule has 1 aromatic rings. The van der Waals surface area contributed by atoms with Gasteiger partial charge in [0.2, 0.25) is 0 Å². The normalized spacial score (nSPS) is 19.1. The molecule has 1 aromatic carbocycles. The van der Waals surface area contributed by atoms with E-state index in [-0.39, 0.29) is 11.5 Å². The van der Waals surface area contributed by atoms with Gasteiger partial charge in [0.05, 0.1) is 5.60 Å². The van der Waals surface area contributed by atoms with Crippen molar-refractivity contribution in [2.45, 2.75) is 44.3 Å². The maximum absolute atomic E-state index is 12.1. The largest absolute Gasteiger partial charge is 0.361 e. The van der Waals surface area contributed by atoms with Gasteiger partial charge in [-0.1, -0.05) is 31.0 Å². The molecule has 4 heteroatoms. The molecule has 1 aliphatic carbocycles. The van der Waals surface area contributed by atoms with Crippen LogP contribution >= 0.6 is 0 Å². The molecule has 1 aliphatic rings. The summed E-state index contributed by atoms with van der Waals surface area (Å²) in [5.41, 5.74) is 6.30. The van der Waals surface area contributed by atoms with Gasteiger partial charge in [0.25, 0.3) is 5.91 Å². The molecule has 0 aliphatic heterocycles. The molecule has 0 aromatic heterocycles. The number of benzene rings is 1. The lowest BCUT2D eigenvalue weighted by molar-refractivity contribution is -0.138. The van der Waals surface area contributed by atoms with Crippen LogP contribution in [0.4, 0.5) is 5.69 Å². The van der Waals surface area contributed by atoms with Gasteiger partial charge in [-0.25, -0.2) is 0 Å². The Morgan fingerprint density at radius 3 is 2.58 bits per heavy atom. The fraction of sp³-hybridized carbons (Fsp3) is 0.533. The van der Waals surface area contributed by atoms with E-state index >= 15 is 0 Å². The molecular formula is C15H22N2O2. The van der Waals surface area contributed by atoms with Crippen molar-refractivity contribution in [3.8, 4) is 0 Å². The number of rotatable bonds is 5. The first kappa shape index (κ1) is 14.0. The van der Waals surface area contributed by atoms with Crippen LogP contribution in [0.15, 0.2) is 30.3 Å². The number of carbonyl (C=O) groups is 1. The summed E-state index contributed by atoms with van der Waals surface area (Å²) in [5, 5.41) is 2.85. The first-order valence-corrected chi connectivity index (χ1v) is 6.89. The van der Waals surface area contributed by atoms with Crippen LogP contribution in [0, 0.1) is 0 Å². The van der Waals surface area contributed by atoms with Crippen molar-refractivity contribution < 1.29 is 9.53 Å². The molecule has 2 rings (SSSR count). The molecular weight excluding hydrogens is 240 g/mol. The number of ether oxygens (including phenoxy) is 1. The number of anilines is 1. The lowest BCUT2D eigenvalue weighted by Crippen LogP contribution is -2.43. The highest BCUT2D eigenvalue weighted by Crippen LogP contribution is 2.33. The van der Waals surface area contributed by atoms with E-state index in [4.69, 9.17) is 10.5 Å². The quantitative estimate of drug-likeness (QED) is 0.855. The van der Waals surface area contributed by atoms with E-state index in [2.05, 4.69) is 5.32 Å². The number of hydrogen-bond acceptors (Lipinski definition) is 3. The highest BCUT2D eigenvalue weighted by molar-refractivity contribution is 5.93. The van der Waals surface area contributed by atoms with E-state index in [9.17, 15) is 4.79 Å². The first-order chi connectivity index (χ1) is 9.15. The Morgan fingerprint density at radius 2 is 2.00 bits per heavy atom. The van der Waals surface area contributed by atoms with Crippen molar-refractivity contribution >= 4 is 11.6 Å². The Bertz CT molecular complexity index is 413. The number of nitrogens with one attached hydrogen (secondary N) is 1. The summed E-state index contributed by atoms with van der Waals surface area (Å²) in [6.07, 6.45) is 3.68. The summed E-state index contributed by atoms with van der Waals surface area (Å²) < 4.78 is 5.95. The zero-order valence-electron chi connectivity index (χ0n) is 11.4. The van der Waals surface area contributed by atoms with E-state index in [1.54, 1.807) is 6.92 Å². The zero-order valence-corrected chi connectivity index (χ0v) is 11.4. The van der Waals surface area contributed by atoms with Crippen molar-refractivity contribution in [2.24, 2.45) is 5.73 Å². The number of hydrogen-bond donors (Lipinski definition) is 2. The lowest BCUT2D eigenvalue weighted by atomic mass is 10.0. The SMILES string of the molecule is CC(OC1(CN)CCCC1)C(=O)Nc1ccccc1. The fourth-order valence-electron chi connectivity index (χ4n) is 2.58. The van der Waals surface area contributed by atoms with Crippen LogP contribution in [0.3, 0.4) is 0 Å². The van der Waals surface area contributed by atoms with Crippen LogP contribution in [0.25, 0.3) is 0 Å². The molecule has 104 valence electrons. The molecule has 0 spiro atoms. The lowest BCUT2D eigenvalue weighted by Gasteiger charge is -2.30. The van der Waals surface area contributed by atoms with Crippen molar-refractivity contribution in [2.75, 3.05) is 11.9 Å². The highest BCUT2D eigenvalue weighted by atomic mass is 16.5. The Kier molecular flexibility index (Phi) is 4.56. The minimum Gasteiger partial charge on any atom is -0.361 e.